The summed E-state index contributed by atoms with van der Waals surface area (Å²) in [7, 11) is 0. The fraction of sp³-hybridized carbons (Fsp3) is 0.389. The number of hydrogen-bond donors (Lipinski definition) is 1. The van der Waals surface area contributed by atoms with Crippen LogP contribution in [0.15, 0.2) is 30.3 Å². The molecular weight excluding hydrogens is 320 g/mol. The molecule has 3 heterocycles. The van der Waals surface area contributed by atoms with Crippen LogP contribution in [0.2, 0.25) is 0 Å². The fourth-order valence-corrected chi connectivity index (χ4v) is 3.09. The van der Waals surface area contributed by atoms with Gasteiger partial charge in [-0.25, -0.2) is 0 Å². The number of rotatable bonds is 3. The van der Waals surface area contributed by atoms with Crippen molar-refractivity contribution in [2.45, 2.75) is 25.7 Å². The average Bonchev–Trinajstić information content (AvgIpc) is 2.94. The first kappa shape index (κ1) is 15.7. The molecule has 1 amide bonds. The number of fused-ring (bicyclic) bond motifs is 1. The lowest BCUT2D eigenvalue weighted by Crippen LogP contribution is -2.25. The molecule has 25 heavy (non-hydrogen) atoms. The molecule has 1 aromatic heterocycles. The standard InChI is InChI=1S/C18H20N4O3/c23-18(13-5-6-14-15(11-13)25-12-24-14)19-16-7-8-17(21-20-16)22-9-3-1-2-4-10-22/h5-8,11H,1-4,9-10,12H2,(H,19,20,23). The van der Waals surface area contributed by atoms with Gasteiger partial charge in [-0.15, -0.1) is 10.2 Å². The number of amides is 1. The Labute approximate surface area is 146 Å². The summed E-state index contributed by atoms with van der Waals surface area (Å²) in [5.41, 5.74) is 0.489. The zero-order valence-electron chi connectivity index (χ0n) is 13.9. The number of anilines is 2. The van der Waals surface area contributed by atoms with E-state index in [9.17, 15) is 4.79 Å². The van der Waals surface area contributed by atoms with Gasteiger partial charge in [0.15, 0.2) is 23.1 Å². The minimum absolute atomic E-state index is 0.184. The smallest absolute Gasteiger partial charge is 0.257 e. The van der Waals surface area contributed by atoms with Crippen LogP contribution in [-0.4, -0.2) is 36.0 Å². The minimum atomic E-state index is -0.255. The third kappa shape index (κ3) is 3.50. The molecule has 130 valence electrons. The van der Waals surface area contributed by atoms with Crippen molar-refractivity contribution in [1.29, 1.82) is 0 Å². The maximum atomic E-state index is 12.4. The lowest BCUT2D eigenvalue weighted by atomic mass is 10.2. The van der Waals surface area contributed by atoms with Crippen LogP contribution < -0.4 is 19.7 Å². The molecule has 2 aromatic rings. The highest BCUT2D eigenvalue weighted by Gasteiger charge is 2.17. The van der Waals surface area contributed by atoms with Crippen LogP contribution in [0.3, 0.4) is 0 Å². The van der Waals surface area contributed by atoms with Gasteiger partial charge in [-0.2, -0.15) is 0 Å². The van der Waals surface area contributed by atoms with E-state index < -0.39 is 0 Å². The maximum Gasteiger partial charge on any atom is 0.257 e. The van der Waals surface area contributed by atoms with Gasteiger partial charge in [-0.1, -0.05) is 12.8 Å². The lowest BCUT2D eigenvalue weighted by Gasteiger charge is -2.20. The van der Waals surface area contributed by atoms with E-state index in [0.717, 1.165) is 18.9 Å². The third-order valence-electron chi connectivity index (χ3n) is 4.46. The Hall–Kier alpha value is -2.83. The zero-order chi connectivity index (χ0) is 17.1. The summed E-state index contributed by atoms with van der Waals surface area (Å²) < 4.78 is 10.5. The van der Waals surface area contributed by atoms with Crippen molar-refractivity contribution in [3.8, 4) is 11.5 Å². The second kappa shape index (κ2) is 6.96. The van der Waals surface area contributed by atoms with Crippen molar-refractivity contribution in [3.05, 3.63) is 35.9 Å². The van der Waals surface area contributed by atoms with E-state index in [0.29, 0.717) is 22.9 Å². The summed E-state index contributed by atoms with van der Waals surface area (Å²) in [6.07, 6.45) is 4.91. The second-order valence-corrected chi connectivity index (χ2v) is 6.20. The molecule has 0 saturated carbocycles. The van der Waals surface area contributed by atoms with Crippen molar-refractivity contribution in [2.24, 2.45) is 0 Å². The van der Waals surface area contributed by atoms with Crippen LogP contribution in [0.5, 0.6) is 11.5 Å². The molecule has 7 nitrogen and oxygen atoms in total. The van der Waals surface area contributed by atoms with E-state index in [-0.39, 0.29) is 12.7 Å². The van der Waals surface area contributed by atoms with Crippen molar-refractivity contribution in [3.63, 3.8) is 0 Å². The van der Waals surface area contributed by atoms with Gasteiger partial charge in [0.2, 0.25) is 6.79 Å². The Kier molecular flexibility index (Phi) is 4.37. The van der Waals surface area contributed by atoms with Gasteiger partial charge >= 0.3 is 0 Å². The van der Waals surface area contributed by atoms with E-state index in [1.165, 1.54) is 25.7 Å². The summed E-state index contributed by atoms with van der Waals surface area (Å²) >= 11 is 0. The molecule has 2 aliphatic rings. The van der Waals surface area contributed by atoms with E-state index in [1.807, 2.05) is 6.07 Å². The Balaban J connectivity index is 1.43. The van der Waals surface area contributed by atoms with Gasteiger partial charge < -0.3 is 19.7 Å². The van der Waals surface area contributed by atoms with E-state index in [1.54, 1.807) is 24.3 Å². The van der Waals surface area contributed by atoms with Crippen molar-refractivity contribution < 1.29 is 14.3 Å². The second-order valence-electron chi connectivity index (χ2n) is 6.20. The van der Waals surface area contributed by atoms with Crippen LogP contribution in [-0.2, 0) is 0 Å². The van der Waals surface area contributed by atoms with Crippen LogP contribution in [0.25, 0.3) is 0 Å². The Bertz CT molecular complexity index is 755. The number of carbonyl (C=O) groups is 1. The molecular formula is C18H20N4O3. The summed E-state index contributed by atoms with van der Waals surface area (Å²) in [4.78, 5) is 14.6. The number of benzene rings is 1. The Morgan fingerprint density at radius 3 is 2.52 bits per heavy atom. The normalized spacial score (nSPS) is 16.4. The molecule has 2 aliphatic heterocycles. The van der Waals surface area contributed by atoms with Gasteiger partial charge in [0, 0.05) is 18.7 Å². The molecule has 0 unspecified atom stereocenters. The predicted octanol–water partition coefficient (Wildman–Crippen LogP) is 2.84. The Morgan fingerprint density at radius 2 is 1.76 bits per heavy atom. The van der Waals surface area contributed by atoms with Crippen molar-refractivity contribution in [1.82, 2.24) is 10.2 Å². The summed E-state index contributed by atoms with van der Waals surface area (Å²) in [5.74, 6) is 2.27. The first-order chi connectivity index (χ1) is 12.3. The fourth-order valence-electron chi connectivity index (χ4n) is 3.09. The van der Waals surface area contributed by atoms with Crippen LogP contribution in [0.1, 0.15) is 36.0 Å². The largest absolute Gasteiger partial charge is 0.454 e. The molecule has 1 fully saturated rings. The predicted molar refractivity (Wildman–Crippen MR) is 93.2 cm³/mol. The molecule has 1 N–H and O–H groups in total. The number of nitrogens with one attached hydrogen (secondary N) is 1. The average molecular weight is 340 g/mol. The third-order valence-corrected chi connectivity index (χ3v) is 4.46. The minimum Gasteiger partial charge on any atom is -0.454 e. The van der Waals surface area contributed by atoms with Crippen molar-refractivity contribution >= 4 is 17.5 Å². The molecule has 0 radical (unpaired) electrons. The number of aromatic nitrogens is 2. The first-order valence-corrected chi connectivity index (χ1v) is 8.59. The number of carbonyl (C=O) groups excluding carboxylic acids is 1. The zero-order valence-corrected chi connectivity index (χ0v) is 13.9. The quantitative estimate of drug-likeness (QED) is 0.926. The Morgan fingerprint density at radius 1 is 0.960 bits per heavy atom. The number of hydrogen-bond acceptors (Lipinski definition) is 6. The molecule has 0 bridgehead atoms. The molecule has 0 aliphatic carbocycles. The molecule has 0 atom stereocenters. The van der Waals surface area contributed by atoms with Gasteiger partial charge in [0.1, 0.15) is 0 Å². The SMILES string of the molecule is O=C(Nc1ccc(N2CCCCCC2)nn1)c1ccc2c(c1)OCO2. The van der Waals surface area contributed by atoms with Gasteiger partial charge in [-0.3, -0.25) is 4.79 Å². The highest BCUT2D eigenvalue weighted by Crippen LogP contribution is 2.32. The van der Waals surface area contributed by atoms with Crippen LogP contribution >= 0.6 is 0 Å². The van der Waals surface area contributed by atoms with Gasteiger partial charge in [0.25, 0.3) is 5.91 Å². The summed E-state index contributed by atoms with van der Waals surface area (Å²) in [6.45, 7) is 2.21. The monoisotopic (exact) mass is 340 g/mol. The van der Waals surface area contributed by atoms with E-state index >= 15 is 0 Å². The molecule has 7 heteroatoms. The van der Waals surface area contributed by atoms with Crippen LogP contribution in [0.4, 0.5) is 11.6 Å². The van der Waals surface area contributed by atoms with Gasteiger partial charge in [0.05, 0.1) is 0 Å². The number of ether oxygens (including phenoxy) is 2. The van der Waals surface area contributed by atoms with E-state index in [2.05, 4.69) is 20.4 Å². The van der Waals surface area contributed by atoms with Gasteiger partial charge in [-0.05, 0) is 43.2 Å². The lowest BCUT2D eigenvalue weighted by molar-refractivity contribution is 0.102. The first-order valence-electron chi connectivity index (χ1n) is 8.59. The topological polar surface area (TPSA) is 76.6 Å². The highest BCUT2D eigenvalue weighted by molar-refractivity contribution is 6.04. The summed E-state index contributed by atoms with van der Waals surface area (Å²) in [6, 6.07) is 8.79. The molecule has 4 rings (SSSR count). The molecule has 0 spiro atoms. The maximum absolute atomic E-state index is 12.4. The number of nitrogens with zero attached hydrogens (tertiary/aromatic N) is 3. The highest BCUT2D eigenvalue weighted by atomic mass is 16.7. The molecule has 1 saturated heterocycles. The molecule has 1 aromatic carbocycles. The van der Waals surface area contributed by atoms with Crippen molar-refractivity contribution in [2.75, 3.05) is 30.1 Å². The van der Waals surface area contributed by atoms with E-state index in [4.69, 9.17) is 9.47 Å². The summed E-state index contributed by atoms with van der Waals surface area (Å²) in [5, 5.41) is 11.2. The van der Waals surface area contributed by atoms with Crippen LogP contribution in [0, 0.1) is 0 Å².